The number of allylic oxidation sites excluding steroid dienone is 1. The molecule has 0 aromatic heterocycles. The van der Waals surface area contributed by atoms with Gasteiger partial charge in [-0.1, -0.05) is 12.2 Å². The molecule has 0 saturated heterocycles. The number of benzene rings is 1. The first-order valence-corrected chi connectivity index (χ1v) is 5.57. The van der Waals surface area contributed by atoms with E-state index in [1.54, 1.807) is 0 Å². The van der Waals surface area contributed by atoms with Crippen molar-refractivity contribution in [2.75, 3.05) is 6.54 Å². The van der Waals surface area contributed by atoms with Crippen LogP contribution in [0.15, 0.2) is 30.4 Å². The van der Waals surface area contributed by atoms with Crippen LogP contribution in [-0.2, 0) is 0 Å². The molecule has 0 atom stereocenters. The minimum Gasteiger partial charge on any atom is -0.349 e. The molecule has 0 unspecified atom stereocenters. The molecule has 4 heteroatoms. The van der Waals surface area contributed by atoms with Crippen molar-refractivity contribution in [2.24, 2.45) is 0 Å². The summed E-state index contributed by atoms with van der Waals surface area (Å²) in [6.07, 6.45) is 3.70. The molecule has 1 amide bonds. The summed E-state index contributed by atoms with van der Waals surface area (Å²) in [4.78, 5) is 11.6. The van der Waals surface area contributed by atoms with Crippen LogP contribution in [0.3, 0.4) is 0 Å². The number of amides is 1. The number of carbonyl (C=O) groups excluding carboxylic acids is 1. The maximum Gasteiger partial charge on any atom is 0.252 e. The van der Waals surface area contributed by atoms with Gasteiger partial charge in [0.15, 0.2) is 0 Å². The standard InChI is InChI=1S/C11H11FINO/c1-2-3-6-14-11(15)9-5-4-8(12)7-10(9)13/h2-5,7H,6H2,1H3,(H,14,15)/b3-2+. The summed E-state index contributed by atoms with van der Waals surface area (Å²) in [5, 5.41) is 2.71. The number of carbonyl (C=O) groups is 1. The molecule has 0 aliphatic heterocycles. The summed E-state index contributed by atoms with van der Waals surface area (Å²) in [5.41, 5.74) is 0.501. The first-order chi connectivity index (χ1) is 7.15. The molecule has 2 nitrogen and oxygen atoms in total. The highest BCUT2D eigenvalue weighted by atomic mass is 127. The molecule has 0 aliphatic carbocycles. The van der Waals surface area contributed by atoms with Crippen LogP contribution in [0.5, 0.6) is 0 Å². The van der Waals surface area contributed by atoms with E-state index >= 15 is 0 Å². The topological polar surface area (TPSA) is 29.1 Å². The first-order valence-electron chi connectivity index (χ1n) is 4.49. The fourth-order valence-electron chi connectivity index (χ4n) is 1.04. The highest BCUT2D eigenvalue weighted by Crippen LogP contribution is 2.13. The van der Waals surface area contributed by atoms with Gasteiger partial charge in [0.25, 0.3) is 5.91 Å². The van der Waals surface area contributed by atoms with E-state index in [4.69, 9.17) is 0 Å². The Morgan fingerprint density at radius 3 is 2.93 bits per heavy atom. The van der Waals surface area contributed by atoms with E-state index in [1.165, 1.54) is 18.2 Å². The third kappa shape index (κ3) is 3.62. The smallest absolute Gasteiger partial charge is 0.252 e. The normalized spacial score (nSPS) is 10.6. The van der Waals surface area contributed by atoms with Gasteiger partial charge in [-0.3, -0.25) is 4.79 Å². The Morgan fingerprint density at radius 2 is 2.33 bits per heavy atom. The summed E-state index contributed by atoms with van der Waals surface area (Å²) in [5.74, 6) is -0.512. The summed E-state index contributed by atoms with van der Waals surface area (Å²) in [6, 6.07) is 4.11. The van der Waals surface area contributed by atoms with Crippen molar-refractivity contribution in [3.8, 4) is 0 Å². The summed E-state index contributed by atoms with van der Waals surface area (Å²) >= 11 is 1.94. The molecule has 15 heavy (non-hydrogen) atoms. The molecule has 0 radical (unpaired) electrons. The maximum atomic E-state index is 12.8. The second-order valence-corrected chi connectivity index (χ2v) is 4.07. The lowest BCUT2D eigenvalue weighted by atomic mass is 10.2. The zero-order chi connectivity index (χ0) is 11.3. The number of nitrogens with one attached hydrogen (secondary N) is 1. The Labute approximate surface area is 102 Å². The zero-order valence-corrected chi connectivity index (χ0v) is 10.4. The van der Waals surface area contributed by atoms with Crippen molar-refractivity contribution in [3.05, 3.63) is 45.3 Å². The van der Waals surface area contributed by atoms with E-state index in [0.717, 1.165) is 0 Å². The van der Waals surface area contributed by atoms with Crippen molar-refractivity contribution in [1.82, 2.24) is 5.32 Å². The molecule has 80 valence electrons. The molecule has 0 fully saturated rings. The summed E-state index contributed by atoms with van der Waals surface area (Å²) < 4.78 is 13.4. The molecule has 1 aromatic carbocycles. The highest BCUT2D eigenvalue weighted by Gasteiger charge is 2.08. The zero-order valence-electron chi connectivity index (χ0n) is 8.26. The van der Waals surface area contributed by atoms with E-state index in [-0.39, 0.29) is 11.7 Å². The van der Waals surface area contributed by atoms with E-state index in [2.05, 4.69) is 5.32 Å². The predicted octanol–water partition coefficient (Wildman–Crippen LogP) is 2.74. The van der Waals surface area contributed by atoms with Gasteiger partial charge in [0.2, 0.25) is 0 Å². The number of halogens is 2. The molecule has 1 rings (SSSR count). The summed E-state index contributed by atoms with van der Waals surface area (Å²) in [6.45, 7) is 2.37. The molecule has 0 aliphatic rings. The fourth-order valence-corrected chi connectivity index (χ4v) is 1.76. The molecule has 1 aromatic rings. The van der Waals surface area contributed by atoms with Gasteiger partial charge in [-0.05, 0) is 47.7 Å². The highest BCUT2D eigenvalue weighted by molar-refractivity contribution is 14.1. The number of hydrogen-bond acceptors (Lipinski definition) is 1. The van der Waals surface area contributed by atoms with Gasteiger partial charge in [0.1, 0.15) is 5.82 Å². The quantitative estimate of drug-likeness (QED) is 0.674. The molecule has 0 saturated carbocycles. The van der Waals surface area contributed by atoms with Gasteiger partial charge in [-0.15, -0.1) is 0 Å². The van der Waals surface area contributed by atoms with Crippen LogP contribution in [0.1, 0.15) is 17.3 Å². The first kappa shape index (κ1) is 12.2. The molecule has 0 bridgehead atoms. The lowest BCUT2D eigenvalue weighted by Gasteiger charge is -2.04. The number of rotatable bonds is 3. The van der Waals surface area contributed by atoms with E-state index in [1.807, 2.05) is 41.7 Å². The van der Waals surface area contributed by atoms with Gasteiger partial charge in [-0.25, -0.2) is 4.39 Å². The molecule has 1 N–H and O–H groups in total. The lowest BCUT2D eigenvalue weighted by Crippen LogP contribution is -2.24. The van der Waals surface area contributed by atoms with Crippen molar-refractivity contribution in [1.29, 1.82) is 0 Å². The molecule has 0 heterocycles. The minimum atomic E-state index is -0.329. The molecular formula is C11H11FINO. The van der Waals surface area contributed by atoms with E-state index in [9.17, 15) is 9.18 Å². The lowest BCUT2D eigenvalue weighted by molar-refractivity contribution is 0.0957. The van der Waals surface area contributed by atoms with Crippen LogP contribution in [0.4, 0.5) is 4.39 Å². The van der Waals surface area contributed by atoms with E-state index in [0.29, 0.717) is 15.7 Å². The largest absolute Gasteiger partial charge is 0.349 e. The van der Waals surface area contributed by atoms with Crippen LogP contribution >= 0.6 is 22.6 Å². The third-order valence-electron chi connectivity index (χ3n) is 1.79. The SMILES string of the molecule is C/C=C/CNC(=O)c1ccc(F)cc1I. The van der Waals surface area contributed by atoms with Crippen LogP contribution in [-0.4, -0.2) is 12.5 Å². The third-order valence-corrected chi connectivity index (χ3v) is 2.68. The van der Waals surface area contributed by atoms with Crippen LogP contribution in [0, 0.1) is 9.39 Å². The second kappa shape index (κ2) is 5.85. The van der Waals surface area contributed by atoms with Crippen molar-refractivity contribution < 1.29 is 9.18 Å². The van der Waals surface area contributed by atoms with Gasteiger partial charge >= 0.3 is 0 Å². The van der Waals surface area contributed by atoms with Crippen molar-refractivity contribution >= 4 is 28.5 Å². The Balaban J connectivity index is 2.73. The second-order valence-electron chi connectivity index (χ2n) is 2.90. The Bertz CT molecular complexity index is 390. The maximum absolute atomic E-state index is 12.8. The van der Waals surface area contributed by atoms with Crippen LogP contribution in [0.25, 0.3) is 0 Å². The fraction of sp³-hybridized carbons (Fsp3) is 0.182. The molecule has 0 spiro atoms. The monoisotopic (exact) mass is 319 g/mol. The number of hydrogen-bond donors (Lipinski definition) is 1. The predicted molar refractivity (Wildman–Crippen MR) is 66.3 cm³/mol. The average Bonchev–Trinajstić information content (AvgIpc) is 2.17. The van der Waals surface area contributed by atoms with Gasteiger partial charge in [-0.2, -0.15) is 0 Å². The van der Waals surface area contributed by atoms with E-state index < -0.39 is 0 Å². The Kier molecular flexibility index (Phi) is 4.74. The van der Waals surface area contributed by atoms with Crippen LogP contribution in [0.2, 0.25) is 0 Å². The van der Waals surface area contributed by atoms with Crippen molar-refractivity contribution in [2.45, 2.75) is 6.92 Å². The molecular weight excluding hydrogens is 308 g/mol. The Morgan fingerprint density at radius 1 is 1.60 bits per heavy atom. The summed E-state index contributed by atoms with van der Waals surface area (Å²) in [7, 11) is 0. The van der Waals surface area contributed by atoms with Crippen LogP contribution < -0.4 is 5.32 Å². The van der Waals surface area contributed by atoms with Gasteiger partial charge < -0.3 is 5.32 Å². The van der Waals surface area contributed by atoms with Gasteiger partial charge in [0, 0.05) is 10.1 Å². The Hall–Kier alpha value is -0.910. The van der Waals surface area contributed by atoms with Gasteiger partial charge in [0.05, 0.1) is 5.56 Å². The average molecular weight is 319 g/mol. The van der Waals surface area contributed by atoms with Crippen molar-refractivity contribution in [3.63, 3.8) is 0 Å². The minimum absolute atomic E-state index is 0.183.